The van der Waals surface area contributed by atoms with Gasteiger partial charge in [-0.25, -0.2) is 13.1 Å². The lowest BCUT2D eigenvalue weighted by atomic mass is 9.93. The van der Waals surface area contributed by atoms with E-state index in [2.05, 4.69) is 28.7 Å². The number of aryl methyl sites for hydroxylation is 1. The van der Waals surface area contributed by atoms with Gasteiger partial charge in [0.1, 0.15) is 0 Å². The highest BCUT2D eigenvalue weighted by Gasteiger charge is 2.43. The van der Waals surface area contributed by atoms with Gasteiger partial charge in [-0.1, -0.05) is 0 Å². The highest BCUT2D eigenvalue weighted by Crippen LogP contribution is 2.34. The van der Waals surface area contributed by atoms with Crippen LogP contribution in [0.1, 0.15) is 16.7 Å². The lowest BCUT2D eigenvalue weighted by Gasteiger charge is -2.19. The van der Waals surface area contributed by atoms with Crippen molar-refractivity contribution in [2.24, 2.45) is 11.8 Å². The summed E-state index contributed by atoms with van der Waals surface area (Å²) < 4.78 is 31.8. The standard InChI is InChI=1S/C15H24N2O3S2/c1-3-22(18,19)16-6-12-10-20-15-9-17(8-14(12)15)7-13-5-4-11(2)21-13/h4-5,12,14-16H,3,6-10H2,1-2H3/t12-,14-,15-/m1/s1. The molecule has 0 spiro atoms. The van der Waals surface area contributed by atoms with Crippen LogP contribution >= 0.6 is 11.3 Å². The summed E-state index contributed by atoms with van der Waals surface area (Å²) in [4.78, 5) is 5.17. The Balaban J connectivity index is 1.54. The van der Waals surface area contributed by atoms with Crippen molar-refractivity contribution in [3.8, 4) is 0 Å². The summed E-state index contributed by atoms with van der Waals surface area (Å²) >= 11 is 1.85. The fourth-order valence-electron chi connectivity index (χ4n) is 3.35. The van der Waals surface area contributed by atoms with E-state index in [9.17, 15) is 8.42 Å². The van der Waals surface area contributed by atoms with Crippen molar-refractivity contribution in [3.63, 3.8) is 0 Å². The normalized spacial score (nSPS) is 29.1. The van der Waals surface area contributed by atoms with Crippen molar-refractivity contribution >= 4 is 21.4 Å². The van der Waals surface area contributed by atoms with Crippen LogP contribution in [0.5, 0.6) is 0 Å². The Morgan fingerprint density at radius 1 is 1.41 bits per heavy atom. The summed E-state index contributed by atoms with van der Waals surface area (Å²) in [6.45, 7) is 7.90. The molecule has 7 heteroatoms. The summed E-state index contributed by atoms with van der Waals surface area (Å²) in [5.41, 5.74) is 0. The van der Waals surface area contributed by atoms with Gasteiger partial charge in [-0.3, -0.25) is 4.90 Å². The highest BCUT2D eigenvalue weighted by atomic mass is 32.2. The highest BCUT2D eigenvalue weighted by molar-refractivity contribution is 7.89. The van der Waals surface area contributed by atoms with Gasteiger partial charge in [0.2, 0.25) is 10.0 Å². The molecule has 0 radical (unpaired) electrons. The van der Waals surface area contributed by atoms with Gasteiger partial charge in [0, 0.05) is 47.8 Å². The van der Waals surface area contributed by atoms with E-state index in [4.69, 9.17) is 4.74 Å². The van der Waals surface area contributed by atoms with Gasteiger partial charge in [0.25, 0.3) is 0 Å². The van der Waals surface area contributed by atoms with Crippen molar-refractivity contribution in [2.75, 3.05) is 32.0 Å². The number of rotatable bonds is 6. The maximum atomic E-state index is 11.6. The first-order valence-corrected chi connectivity index (χ1v) is 10.3. The first-order valence-electron chi connectivity index (χ1n) is 7.83. The molecule has 0 bridgehead atoms. The Labute approximate surface area is 136 Å². The maximum Gasteiger partial charge on any atom is 0.211 e. The molecule has 2 saturated heterocycles. The Morgan fingerprint density at radius 3 is 2.91 bits per heavy atom. The van der Waals surface area contributed by atoms with Crippen LogP contribution in [0.4, 0.5) is 0 Å². The van der Waals surface area contributed by atoms with Crippen LogP contribution in [0.15, 0.2) is 12.1 Å². The fraction of sp³-hybridized carbons (Fsp3) is 0.733. The third-order valence-corrected chi connectivity index (χ3v) is 6.99. The largest absolute Gasteiger partial charge is 0.376 e. The zero-order valence-electron chi connectivity index (χ0n) is 13.1. The predicted molar refractivity (Wildman–Crippen MR) is 88.5 cm³/mol. The number of hydrogen-bond donors (Lipinski definition) is 1. The van der Waals surface area contributed by atoms with Gasteiger partial charge in [-0.15, -0.1) is 11.3 Å². The molecular weight excluding hydrogens is 320 g/mol. The lowest BCUT2D eigenvalue weighted by molar-refractivity contribution is 0.0944. The predicted octanol–water partition coefficient (Wildman–Crippen LogP) is 1.44. The van der Waals surface area contributed by atoms with Gasteiger partial charge < -0.3 is 4.74 Å². The van der Waals surface area contributed by atoms with Crippen LogP contribution < -0.4 is 4.72 Å². The lowest BCUT2D eigenvalue weighted by Crippen LogP contribution is -2.34. The molecule has 3 atom stereocenters. The number of sulfonamides is 1. The smallest absolute Gasteiger partial charge is 0.211 e. The second-order valence-electron chi connectivity index (χ2n) is 6.25. The van der Waals surface area contributed by atoms with Crippen molar-refractivity contribution < 1.29 is 13.2 Å². The summed E-state index contributed by atoms with van der Waals surface area (Å²) in [5, 5.41) is 0. The van der Waals surface area contributed by atoms with E-state index in [0.29, 0.717) is 25.0 Å². The molecule has 0 saturated carbocycles. The molecule has 2 fully saturated rings. The van der Waals surface area contributed by atoms with Gasteiger partial charge in [-0.05, 0) is 26.0 Å². The Hall–Kier alpha value is -0.470. The van der Waals surface area contributed by atoms with Crippen LogP contribution in [0, 0.1) is 18.8 Å². The van der Waals surface area contributed by atoms with Crippen LogP contribution in [-0.4, -0.2) is 51.4 Å². The summed E-state index contributed by atoms with van der Waals surface area (Å²) in [6.07, 6.45) is 0.261. The van der Waals surface area contributed by atoms with Gasteiger partial charge in [0.05, 0.1) is 18.5 Å². The molecule has 124 valence electrons. The Bertz CT molecular complexity index is 614. The molecule has 1 N–H and O–H groups in total. The Morgan fingerprint density at radius 2 is 2.23 bits per heavy atom. The molecule has 3 rings (SSSR count). The van der Waals surface area contributed by atoms with E-state index in [-0.39, 0.29) is 11.9 Å². The number of likely N-dealkylation sites (tertiary alicyclic amines) is 1. The molecule has 0 aliphatic carbocycles. The van der Waals surface area contributed by atoms with Crippen LogP contribution in [0.25, 0.3) is 0 Å². The van der Waals surface area contributed by atoms with E-state index in [0.717, 1.165) is 19.6 Å². The van der Waals surface area contributed by atoms with Crippen LogP contribution in [0.2, 0.25) is 0 Å². The molecule has 22 heavy (non-hydrogen) atoms. The van der Waals surface area contributed by atoms with E-state index in [1.54, 1.807) is 6.92 Å². The third-order valence-electron chi connectivity index (χ3n) is 4.64. The molecule has 0 amide bonds. The van der Waals surface area contributed by atoms with Crippen molar-refractivity contribution in [2.45, 2.75) is 26.5 Å². The number of thiophene rings is 1. The SMILES string of the molecule is CCS(=O)(=O)NC[C@@H]1CO[C@@H]2CN(Cc3ccc(C)s3)C[C@H]12. The minimum Gasteiger partial charge on any atom is -0.376 e. The molecule has 3 heterocycles. The maximum absolute atomic E-state index is 11.6. The van der Waals surface area contributed by atoms with Crippen molar-refractivity contribution in [3.05, 3.63) is 21.9 Å². The molecule has 2 aliphatic rings. The molecule has 5 nitrogen and oxygen atoms in total. The number of ether oxygens (including phenoxy) is 1. The molecule has 0 aromatic carbocycles. The number of fused-ring (bicyclic) bond motifs is 1. The van der Waals surface area contributed by atoms with E-state index in [1.807, 2.05) is 11.3 Å². The minimum atomic E-state index is -3.11. The summed E-state index contributed by atoms with van der Waals surface area (Å²) in [7, 11) is -3.11. The summed E-state index contributed by atoms with van der Waals surface area (Å²) in [6, 6.07) is 4.36. The quantitative estimate of drug-likeness (QED) is 0.848. The monoisotopic (exact) mass is 344 g/mol. The van der Waals surface area contributed by atoms with Crippen molar-refractivity contribution in [1.29, 1.82) is 0 Å². The van der Waals surface area contributed by atoms with Crippen LogP contribution in [-0.2, 0) is 21.3 Å². The number of nitrogens with one attached hydrogen (secondary N) is 1. The van der Waals surface area contributed by atoms with E-state index < -0.39 is 10.0 Å². The van der Waals surface area contributed by atoms with Gasteiger partial charge in [-0.2, -0.15) is 0 Å². The topological polar surface area (TPSA) is 58.6 Å². The molecule has 2 aliphatic heterocycles. The first-order chi connectivity index (χ1) is 10.5. The van der Waals surface area contributed by atoms with Crippen LogP contribution in [0.3, 0.4) is 0 Å². The molecule has 1 aromatic rings. The van der Waals surface area contributed by atoms with E-state index >= 15 is 0 Å². The van der Waals surface area contributed by atoms with Crippen molar-refractivity contribution in [1.82, 2.24) is 9.62 Å². The number of nitrogens with zero attached hydrogens (tertiary/aromatic N) is 1. The summed E-state index contributed by atoms with van der Waals surface area (Å²) in [5.74, 6) is 0.875. The zero-order valence-corrected chi connectivity index (χ0v) is 14.8. The van der Waals surface area contributed by atoms with Gasteiger partial charge >= 0.3 is 0 Å². The Kier molecular flexibility index (Phi) is 4.89. The third kappa shape index (κ3) is 3.71. The molecular formula is C15H24N2O3S2. The fourth-order valence-corrected chi connectivity index (χ4v) is 4.95. The minimum absolute atomic E-state index is 0.137. The van der Waals surface area contributed by atoms with Gasteiger partial charge in [0.15, 0.2) is 0 Å². The second-order valence-corrected chi connectivity index (χ2v) is 9.72. The average Bonchev–Trinajstić information content (AvgIpc) is 3.14. The zero-order chi connectivity index (χ0) is 15.7. The number of hydrogen-bond acceptors (Lipinski definition) is 5. The second kappa shape index (κ2) is 6.57. The average molecular weight is 345 g/mol. The van der Waals surface area contributed by atoms with E-state index in [1.165, 1.54) is 9.75 Å². The first kappa shape index (κ1) is 16.4. The molecule has 0 unspecified atom stereocenters. The molecule has 1 aromatic heterocycles.